The van der Waals surface area contributed by atoms with Gasteiger partial charge in [0.05, 0.1) is 12.2 Å². The molecule has 0 fully saturated rings. The summed E-state index contributed by atoms with van der Waals surface area (Å²) in [6.45, 7) is 2.02. The topological polar surface area (TPSA) is 68.0 Å². The number of nitrogens with zero attached hydrogens (tertiary/aromatic N) is 1. The molecule has 14 heavy (non-hydrogen) atoms. The van der Waals surface area contributed by atoms with Gasteiger partial charge in [0.15, 0.2) is 5.69 Å². The van der Waals surface area contributed by atoms with Crippen LogP contribution in [0.15, 0.2) is 18.3 Å². The highest BCUT2D eigenvalue weighted by atomic mass is 16.1. The predicted molar refractivity (Wildman–Crippen MR) is 54.4 cm³/mol. The van der Waals surface area contributed by atoms with Gasteiger partial charge in [0, 0.05) is 6.20 Å². The third-order valence-electron chi connectivity index (χ3n) is 1.57. The zero-order valence-electron chi connectivity index (χ0n) is 7.87. The molecule has 0 aliphatic heterocycles. The lowest BCUT2D eigenvalue weighted by Gasteiger charge is -2.02. The minimum Gasteiger partial charge on any atom is -0.397 e. The molecule has 3 N–H and O–H groups in total. The first-order valence-electron chi connectivity index (χ1n) is 4.14. The molecule has 4 heteroatoms. The summed E-state index contributed by atoms with van der Waals surface area (Å²) in [5.41, 5.74) is 6.18. The highest BCUT2D eigenvalue weighted by molar-refractivity contribution is 5.97. The Morgan fingerprint density at radius 1 is 1.71 bits per heavy atom. The van der Waals surface area contributed by atoms with Gasteiger partial charge in [-0.3, -0.25) is 4.79 Å². The van der Waals surface area contributed by atoms with Gasteiger partial charge in [0.25, 0.3) is 5.91 Å². The molecule has 0 saturated heterocycles. The van der Waals surface area contributed by atoms with Crippen molar-refractivity contribution in [2.24, 2.45) is 0 Å². The first-order valence-corrected chi connectivity index (χ1v) is 4.14. The van der Waals surface area contributed by atoms with Crippen molar-refractivity contribution in [3.63, 3.8) is 0 Å². The van der Waals surface area contributed by atoms with E-state index in [1.54, 1.807) is 19.1 Å². The molecule has 0 spiro atoms. The average Bonchev–Trinajstić information content (AvgIpc) is 2.18. The normalized spacial score (nSPS) is 8.64. The van der Waals surface area contributed by atoms with Crippen LogP contribution in [-0.2, 0) is 0 Å². The zero-order valence-corrected chi connectivity index (χ0v) is 7.87. The maximum absolute atomic E-state index is 11.4. The molecule has 1 aromatic rings. The Hall–Kier alpha value is -2.02. The monoisotopic (exact) mass is 189 g/mol. The van der Waals surface area contributed by atoms with Crippen LogP contribution in [0.5, 0.6) is 0 Å². The Morgan fingerprint density at radius 3 is 3.14 bits per heavy atom. The second-order valence-corrected chi connectivity index (χ2v) is 2.55. The fourth-order valence-electron chi connectivity index (χ4n) is 0.904. The van der Waals surface area contributed by atoms with Crippen LogP contribution < -0.4 is 11.1 Å². The number of nitrogens with one attached hydrogen (secondary N) is 1. The van der Waals surface area contributed by atoms with E-state index >= 15 is 0 Å². The van der Waals surface area contributed by atoms with Crippen LogP contribution in [0.1, 0.15) is 17.4 Å². The standard InChI is InChI=1S/C10H11N3O/c1-2-3-6-13-10(14)9-8(11)5-4-7-12-9/h4-5,7H,6,11H2,1H3,(H,13,14). The molecular formula is C10H11N3O. The van der Waals surface area contributed by atoms with Crippen LogP contribution in [0, 0.1) is 11.8 Å². The molecule has 0 bridgehead atoms. The van der Waals surface area contributed by atoms with Gasteiger partial charge in [-0.2, -0.15) is 0 Å². The number of amides is 1. The number of pyridine rings is 1. The van der Waals surface area contributed by atoms with Crippen LogP contribution in [0.4, 0.5) is 5.69 Å². The van der Waals surface area contributed by atoms with Crippen molar-refractivity contribution in [3.8, 4) is 11.8 Å². The molecule has 0 unspecified atom stereocenters. The van der Waals surface area contributed by atoms with E-state index in [2.05, 4.69) is 22.1 Å². The van der Waals surface area contributed by atoms with Gasteiger partial charge < -0.3 is 11.1 Å². The molecule has 1 amide bonds. The minimum absolute atomic E-state index is 0.241. The molecule has 0 radical (unpaired) electrons. The highest BCUT2D eigenvalue weighted by Crippen LogP contribution is 2.05. The number of aromatic nitrogens is 1. The van der Waals surface area contributed by atoms with Crippen molar-refractivity contribution in [3.05, 3.63) is 24.0 Å². The number of carbonyl (C=O) groups is 1. The Kier molecular flexibility index (Phi) is 3.50. The highest BCUT2D eigenvalue weighted by Gasteiger charge is 2.08. The fraction of sp³-hybridized carbons (Fsp3) is 0.200. The van der Waals surface area contributed by atoms with E-state index in [0.29, 0.717) is 12.2 Å². The van der Waals surface area contributed by atoms with Gasteiger partial charge >= 0.3 is 0 Å². The fourth-order valence-corrected chi connectivity index (χ4v) is 0.904. The molecule has 0 saturated carbocycles. The third kappa shape index (κ3) is 2.49. The minimum atomic E-state index is -0.300. The van der Waals surface area contributed by atoms with Gasteiger partial charge in [-0.15, -0.1) is 5.92 Å². The second-order valence-electron chi connectivity index (χ2n) is 2.55. The van der Waals surface area contributed by atoms with E-state index in [1.165, 1.54) is 6.20 Å². The Morgan fingerprint density at radius 2 is 2.50 bits per heavy atom. The first kappa shape index (κ1) is 10.1. The van der Waals surface area contributed by atoms with Crippen molar-refractivity contribution in [1.82, 2.24) is 10.3 Å². The van der Waals surface area contributed by atoms with Gasteiger partial charge in [-0.05, 0) is 19.1 Å². The molecule has 0 aliphatic carbocycles. The van der Waals surface area contributed by atoms with Crippen LogP contribution in [0.25, 0.3) is 0 Å². The lowest BCUT2D eigenvalue weighted by atomic mass is 10.3. The summed E-state index contributed by atoms with van der Waals surface area (Å²) in [7, 11) is 0. The summed E-state index contributed by atoms with van der Waals surface area (Å²) in [5, 5.41) is 2.59. The summed E-state index contributed by atoms with van der Waals surface area (Å²) in [6, 6.07) is 3.31. The zero-order chi connectivity index (χ0) is 10.4. The molecule has 72 valence electrons. The van der Waals surface area contributed by atoms with Crippen molar-refractivity contribution in [2.45, 2.75) is 6.92 Å². The quantitative estimate of drug-likeness (QED) is 0.662. The summed E-state index contributed by atoms with van der Waals surface area (Å²) in [6.07, 6.45) is 1.52. The number of nitrogens with two attached hydrogens (primary N) is 1. The maximum atomic E-state index is 11.4. The van der Waals surface area contributed by atoms with E-state index < -0.39 is 0 Å². The largest absolute Gasteiger partial charge is 0.397 e. The van der Waals surface area contributed by atoms with Gasteiger partial charge in [0.2, 0.25) is 0 Å². The number of nitrogen functional groups attached to an aromatic ring is 1. The molecule has 0 aromatic carbocycles. The van der Waals surface area contributed by atoms with Crippen LogP contribution in [-0.4, -0.2) is 17.4 Å². The van der Waals surface area contributed by atoms with Crippen molar-refractivity contribution >= 4 is 11.6 Å². The number of hydrogen-bond donors (Lipinski definition) is 2. The molecule has 4 nitrogen and oxygen atoms in total. The van der Waals surface area contributed by atoms with Crippen molar-refractivity contribution in [2.75, 3.05) is 12.3 Å². The number of hydrogen-bond acceptors (Lipinski definition) is 3. The number of rotatable bonds is 2. The lowest BCUT2D eigenvalue weighted by molar-refractivity contribution is 0.0955. The van der Waals surface area contributed by atoms with E-state index in [-0.39, 0.29) is 11.6 Å². The van der Waals surface area contributed by atoms with Crippen molar-refractivity contribution < 1.29 is 4.79 Å². The molecule has 1 rings (SSSR count). The molecular weight excluding hydrogens is 178 g/mol. The Labute approximate surface area is 82.5 Å². The molecule has 1 aromatic heterocycles. The lowest BCUT2D eigenvalue weighted by Crippen LogP contribution is -2.25. The van der Waals surface area contributed by atoms with Crippen LogP contribution in [0.3, 0.4) is 0 Å². The van der Waals surface area contributed by atoms with E-state index in [4.69, 9.17) is 5.73 Å². The van der Waals surface area contributed by atoms with Crippen LogP contribution in [0.2, 0.25) is 0 Å². The van der Waals surface area contributed by atoms with E-state index in [0.717, 1.165) is 0 Å². The number of anilines is 1. The molecule has 0 atom stereocenters. The van der Waals surface area contributed by atoms with Gasteiger partial charge in [0.1, 0.15) is 0 Å². The third-order valence-corrected chi connectivity index (χ3v) is 1.57. The maximum Gasteiger partial charge on any atom is 0.272 e. The smallest absolute Gasteiger partial charge is 0.272 e. The average molecular weight is 189 g/mol. The molecule has 1 heterocycles. The SMILES string of the molecule is CC#CCNC(=O)c1ncccc1N. The van der Waals surface area contributed by atoms with Gasteiger partial charge in [-0.1, -0.05) is 5.92 Å². The predicted octanol–water partition coefficient (Wildman–Crippen LogP) is 0.417. The Balaban J connectivity index is 2.68. The molecule has 0 aliphatic rings. The van der Waals surface area contributed by atoms with E-state index in [9.17, 15) is 4.79 Å². The summed E-state index contributed by atoms with van der Waals surface area (Å²) < 4.78 is 0. The van der Waals surface area contributed by atoms with E-state index in [1.807, 2.05) is 0 Å². The number of carbonyl (C=O) groups excluding carboxylic acids is 1. The summed E-state index contributed by atoms with van der Waals surface area (Å²) >= 11 is 0. The summed E-state index contributed by atoms with van der Waals surface area (Å²) in [4.78, 5) is 15.3. The first-order chi connectivity index (χ1) is 6.75. The Bertz CT molecular complexity index is 390. The second kappa shape index (κ2) is 4.87. The summed E-state index contributed by atoms with van der Waals surface area (Å²) in [5.74, 6) is 5.09. The van der Waals surface area contributed by atoms with Crippen molar-refractivity contribution in [1.29, 1.82) is 0 Å². The van der Waals surface area contributed by atoms with Gasteiger partial charge in [-0.25, -0.2) is 4.98 Å². The van der Waals surface area contributed by atoms with Crippen LogP contribution >= 0.6 is 0 Å².